The first-order valence-corrected chi connectivity index (χ1v) is 10.2. The van der Waals surface area contributed by atoms with Gasteiger partial charge in [-0.2, -0.15) is 0 Å². The third-order valence-corrected chi connectivity index (χ3v) is 5.33. The molecule has 29 heavy (non-hydrogen) atoms. The summed E-state index contributed by atoms with van der Waals surface area (Å²) in [6.07, 6.45) is 0.271. The van der Waals surface area contributed by atoms with Crippen molar-refractivity contribution in [2.75, 3.05) is 19.5 Å². The van der Waals surface area contributed by atoms with Gasteiger partial charge < -0.3 is 14.8 Å². The molecule has 0 aromatic heterocycles. The Kier molecular flexibility index (Phi) is 7.18. The molecule has 1 atom stereocenters. The largest absolute Gasteiger partial charge is 0.493 e. The summed E-state index contributed by atoms with van der Waals surface area (Å²) in [4.78, 5) is 12.9. The van der Waals surface area contributed by atoms with Crippen molar-refractivity contribution in [2.24, 2.45) is 0 Å². The van der Waals surface area contributed by atoms with Crippen LogP contribution < -0.4 is 14.8 Å². The van der Waals surface area contributed by atoms with Gasteiger partial charge in [0.05, 0.1) is 20.3 Å². The number of rotatable bonds is 8. The van der Waals surface area contributed by atoms with Gasteiger partial charge in [-0.25, -0.2) is 0 Å². The van der Waals surface area contributed by atoms with Crippen LogP contribution in [0.1, 0.15) is 28.4 Å². The highest BCUT2D eigenvalue weighted by Gasteiger charge is 2.19. The van der Waals surface area contributed by atoms with Crippen LogP contribution in [0, 0.1) is 0 Å². The first-order chi connectivity index (χ1) is 14.0. The van der Waals surface area contributed by atoms with E-state index in [1.807, 2.05) is 42.5 Å². The molecule has 1 N–H and O–H groups in total. The average molecular weight is 475 g/mol. The summed E-state index contributed by atoms with van der Waals surface area (Å²) in [6, 6.07) is 20.2. The van der Waals surface area contributed by atoms with E-state index in [4.69, 9.17) is 21.1 Å². The second-order valence-electron chi connectivity index (χ2n) is 6.45. The minimum atomic E-state index is -0.251. The van der Waals surface area contributed by atoms with Gasteiger partial charge in [-0.05, 0) is 66.2 Å². The molecule has 0 saturated carbocycles. The zero-order valence-electron chi connectivity index (χ0n) is 16.1. The van der Waals surface area contributed by atoms with Crippen LogP contribution in [-0.2, 0) is 0 Å². The van der Waals surface area contributed by atoms with E-state index in [1.165, 1.54) is 0 Å². The van der Waals surface area contributed by atoms with Crippen LogP contribution in [0.25, 0.3) is 0 Å². The summed E-state index contributed by atoms with van der Waals surface area (Å²) in [5.74, 6) is 1.28. The van der Waals surface area contributed by atoms with Crippen LogP contribution in [0.3, 0.4) is 0 Å². The fourth-order valence-corrected chi connectivity index (χ4v) is 3.40. The smallest absolute Gasteiger partial charge is 0.165 e. The Bertz CT molecular complexity index is 974. The van der Waals surface area contributed by atoms with Crippen molar-refractivity contribution in [1.29, 1.82) is 0 Å². The maximum Gasteiger partial charge on any atom is 0.165 e. The van der Waals surface area contributed by atoms with Crippen molar-refractivity contribution in [3.63, 3.8) is 0 Å². The number of Topliss-reactive ketones (excluding diaryl/α,β-unsaturated/α-hetero) is 1. The van der Waals surface area contributed by atoms with Gasteiger partial charge in [0.2, 0.25) is 0 Å². The van der Waals surface area contributed by atoms with Crippen molar-refractivity contribution in [1.82, 2.24) is 0 Å². The predicted molar refractivity (Wildman–Crippen MR) is 120 cm³/mol. The van der Waals surface area contributed by atoms with Gasteiger partial charge in [-0.15, -0.1) is 0 Å². The number of methoxy groups -OCH3 is 2. The summed E-state index contributed by atoms with van der Waals surface area (Å²) in [5, 5.41) is 4.06. The maximum absolute atomic E-state index is 12.9. The molecule has 0 radical (unpaired) electrons. The quantitative estimate of drug-likeness (QED) is 0.376. The topological polar surface area (TPSA) is 47.6 Å². The fraction of sp³-hybridized carbons (Fsp3) is 0.174. The van der Waals surface area contributed by atoms with E-state index in [0.29, 0.717) is 22.1 Å². The number of ketones is 1. The van der Waals surface area contributed by atoms with Crippen molar-refractivity contribution >= 4 is 39.0 Å². The number of benzene rings is 3. The van der Waals surface area contributed by atoms with E-state index in [9.17, 15) is 4.79 Å². The van der Waals surface area contributed by atoms with Crippen molar-refractivity contribution in [3.8, 4) is 11.5 Å². The summed E-state index contributed by atoms with van der Waals surface area (Å²) in [7, 11) is 3.19. The molecule has 0 fully saturated rings. The lowest BCUT2D eigenvalue weighted by molar-refractivity contribution is 0.0976. The molecule has 3 aromatic rings. The molecule has 6 heteroatoms. The van der Waals surface area contributed by atoms with Crippen LogP contribution in [0.5, 0.6) is 11.5 Å². The molecule has 0 saturated heterocycles. The minimum absolute atomic E-state index is 0.0195. The molecule has 0 aliphatic rings. The summed E-state index contributed by atoms with van der Waals surface area (Å²) >= 11 is 9.39. The Morgan fingerprint density at radius 2 is 1.62 bits per heavy atom. The zero-order valence-corrected chi connectivity index (χ0v) is 18.5. The Hall–Kier alpha value is -2.50. The third-order valence-electron chi connectivity index (χ3n) is 4.55. The molecule has 0 aliphatic carbocycles. The first-order valence-electron chi connectivity index (χ1n) is 9.03. The number of nitrogens with one attached hydrogen (secondary N) is 1. The van der Waals surface area contributed by atoms with Gasteiger partial charge in [0.25, 0.3) is 0 Å². The molecule has 150 valence electrons. The number of halogens is 2. The van der Waals surface area contributed by atoms with Crippen LogP contribution in [-0.4, -0.2) is 20.0 Å². The lowest BCUT2D eigenvalue weighted by Gasteiger charge is -2.21. The molecule has 3 rings (SSSR count). The van der Waals surface area contributed by atoms with Gasteiger partial charge in [-0.3, -0.25) is 4.79 Å². The van der Waals surface area contributed by atoms with Gasteiger partial charge in [0.1, 0.15) is 0 Å². The van der Waals surface area contributed by atoms with Crippen LogP contribution >= 0.6 is 27.5 Å². The molecule has 0 heterocycles. The summed E-state index contributed by atoms with van der Waals surface area (Å²) in [5.41, 5.74) is 2.46. The van der Waals surface area contributed by atoms with Gasteiger partial charge in [-0.1, -0.05) is 33.6 Å². The number of ether oxygens (including phenoxy) is 2. The lowest BCUT2D eigenvalue weighted by atomic mass is 9.97. The monoisotopic (exact) mass is 473 g/mol. The van der Waals surface area contributed by atoms with E-state index >= 15 is 0 Å². The highest BCUT2D eigenvalue weighted by Crippen LogP contribution is 2.33. The highest BCUT2D eigenvalue weighted by molar-refractivity contribution is 9.10. The van der Waals surface area contributed by atoms with E-state index in [2.05, 4.69) is 21.2 Å². The Morgan fingerprint density at radius 3 is 2.24 bits per heavy atom. The molecule has 1 unspecified atom stereocenters. The molecule has 0 bridgehead atoms. The highest BCUT2D eigenvalue weighted by atomic mass is 79.9. The number of hydrogen-bond acceptors (Lipinski definition) is 4. The number of hydrogen-bond donors (Lipinski definition) is 1. The standard InChI is InChI=1S/C23H21BrClNO3/c1-28-22-12-5-16(13-23(22)29-2)20(26-19-10-6-17(24)7-11-19)14-21(27)15-3-8-18(25)9-4-15/h3-13,20,26H,14H2,1-2H3. The average Bonchev–Trinajstić information content (AvgIpc) is 2.74. The molecule has 4 nitrogen and oxygen atoms in total. The molecular formula is C23H21BrClNO3. The van der Waals surface area contributed by atoms with Crippen LogP contribution in [0.15, 0.2) is 71.2 Å². The first kappa shape index (κ1) is 21.2. The van der Waals surface area contributed by atoms with E-state index < -0.39 is 0 Å². The van der Waals surface area contributed by atoms with E-state index in [1.54, 1.807) is 38.5 Å². The number of carbonyl (C=O) groups is 1. The predicted octanol–water partition coefficient (Wildman–Crippen LogP) is 6.55. The summed E-state index contributed by atoms with van der Waals surface area (Å²) in [6.45, 7) is 0. The maximum atomic E-state index is 12.9. The second kappa shape index (κ2) is 9.81. The Morgan fingerprint density at radius 1 is 0.966 bits per heavy atom. The summed E-state index contributed by atoms with van der Waals surface area (Å²) < 4.78 is 11.8. The van der Waals surface area contributed by atoms with Gasteiger partial charge >= 0.3 is 0 Å². The Balaban J connectivity index is 1.91. The molecule has 0 aliphatic heterocycles. The van der Waals surface area contributed by atoms with Gasteiger partial charge in [0.15, 0.2) is 17.3 Å². The van der Waals surface area contributed by atoms with Crippen LogP contribution in [0.2, 0.25) is 5.02 Å². The fourth-order valence-electron chi connectivity index (χ4n) is 3.01. The number of anilines is 1. The van der Waals surface area contributed by atoms with Gasteiger partial charge in [0, 0.05) is 27.2 Å². The van der Waals surface area contributed by atoms with E-state index in [0.717, 1.165) is 15.7 Å². The molecule has 3 aromatic carbocycles. The van der Waals surface area contributed by atoms with Crippen LogP contribution in [0.4, 0.5) is 5.69 Å². The third kappa shape index (κ3) is 5.52. The van der Waals surface area contributed by atoms with Crippen molar-refractivity contribution in [3.05, 3.63) is 87.4 Å². The SMILES string of the molecule is COc1ccc(C(CC(=O)c2ccc(Cl)cc2)Nc2ccc(Br)cc2)cc1OC. The van der Waals surface area contributed by atoms with E-state index in [-0.39, 0.29) is 18.2 Å². The Labute approximate surface area is 183 Å². The molecular weight excluding hydrogens is 454 g/mol. The normalized spacial score (nSPS) is 11.6. The van der Waals surface area contributed by atoms with Crippen molar-refractivity contribution in [2.45, 2.75) is 12.5 Å². The molecule has 0 amide bonds. The number of carbonyl (C=O) groups excluding carboxylic acids is 1. The van der Waals surface area contributed by atoms with Crippen molar-refractivity contribution < 1.29 is 14.3 Å². The minimum Gasteiger partial charge on any atom is -0.493 e. The molecule has 0 spiro atoms. The second-order valence-corrected chi connectivity index (χ2v) is 7.80. The zero-order chi connectivity index (χ0) is 20.8. The lowest BCUT2D eigenvalue weighted by Crippen LogP contribution is -2.16.